The van der Waals surface area contributed by atoms with E-state index in [1.807, 2.05) is 13.1 Å². The number of benzene rings is 1. The first kappa shape index (κ1) is 23.4. The molecule has 1 saturated heterocycles. The second-order valence-corrected chi connectivity index (χ2v) is 8.18. The lowest BCUT2D eigenvalue weighted by atomic mass is 10.2. The van der Waals surface area contributed by atoms with Crippen LogP contribution < -0.4 is 19.5 Å². The van der Waals surface area contributed by atoms with Gasteiger partial charge >= 0.3 is 6.61 Å². The van der Waals surface area contributed by atoms with Crippen molar-refractivity contribution in [2.45, 2.75) is 13.2 Å². The van der Waals surface area contributed by atoms with Crippen molar-refractivity contribution in [1.82, 2.24) is 14.4 Å². The minimum absolute atomic E-state index is 0.00552. The first-order valence-corrected chi connectivity index (χ1v) is 10.6. The molecule has 168 valence electrons. The Hall–Kier alpha value is -3.29. The highest BCUT2D eigenvalue weighted by Gasteiger charge is 2.24. The molecule has 1 aromatic carbocycles. The van der Waals surface area contributed by atoms with Gasteiger partial charge < -0.3 is 14.5 Å². The highest BCUT2D eigenvalue weighted by atomic mass is 32.1. The Kier molecular flexibility index (Phi) is 7.56. The number of alkyl halides is 2. The van der Waals surface area contributed by atoms with Crippen LogP contribution in [-0.4, -0.2) is 60.1 Å². The number of ether oxygens (including phenoxy) is 1. The number of carbonyl (C=O) groups excluding carboxylic acids is 1. The Morgan fingerprint density at radius 2 is 1.94 bits per heavy atom. The first-order chi connectivity index (χ1) is 15.3. The number of nitriles is 1. The summed E-state index contributed by atoms with van der Waals surface area (Å²) in [6.45, 7) is 3.30. The molecule has 0 atom stereocenters. The van der Waals surface area contributed by atoms with Crippen LogP contribution in [0.4, 0.5) is 8.78 Å². The third kappa shape index (κ3) is 5.30. The van der Waals surface area contributed by atoms with Crippen LogP contribution in [0.5, 0.6) is 5.75 Å². The molecule has 32 heavy (non-hydrogen) atoms. The number of rotatable bonds is 6. The average Bonchev–Trinajstić information content (AvgIpc) is 3.06. The first-order valence-electron chi connectivity index (χ1n) is 9.83. The maximum atomic E-state index is 13.0. The van der Waals surface area contributed by atoms with E-state index >= 15 is 0 Å². The lowest BCUT2D eigenvalue weighted by molar-refractivity contribution is -0.126. The van der Waals surface area contributed by atoms with Crippen molar-refractivity contribution in [2.75, 3.05) is 33.2 Å². The van der Waals surface area contributed by atoms with E-state index in [9.17, 15) is 23.6 Å². The molecule has 1 amide bonds. The number of carbonyl (C=O) groups is 1. The van der Waals surface area contributed by atoms with Crippen molar-refractivity contribution in [3.05, 3.63) is 62.0 Å². The zero-order chi connectivity index (χ0) is 23.3. The molecule has 0 N–H and O–H groups in total. The molecule has 0 bridgehead atoms. The summed E-state index contributed by atoms with van der Waals surface area (Å²) < 4.78 is 30.9. The second-order valence-electron chi connectivity index (χ2n) is 7.15. The zero-order valence-corrected chi connectivity index (χ0v) is 18.3. The number of halogens is 2. The molecule has 0 saturated carbocycles. The van der Waals surface area contributed by atoms with E-state index in [0.717, 1.165) is 11.3 Å². The molecule has 1 aliphatic rings. The van der Waals surface area contributed by atoms with Gasteiger partial charge in [-0.15, -0.1) is 17.9 Å². The predicted molar refractivity (Wildman–Crippen MR) is 118 cm³/mol. The van der Waals surface area contributed by atoms with Gasteiger partial charge in [-0.2, -0.15) is 14.0 Å². The third-order valence-electron chi connectivity index (χ3n) is 4.95. The van der Waals surface area contributed by atoms with Gasteiger partial charge in [-0.25, -0.2) is 0 Å². The molecule has 3 rings (SSSR count). The van der Waals surface area contributed by atoms with Crippen LogP contribution in [0.25, 0.3) is 11.6 Å². The number of aromatic nitrogens is 1. The second kappa shape index (κ2) is 10.3. The fraction of sp³-hybridized carbons (Fsp3) is 0.318. The molecule has 0 radical (unpaired) electrons. The minimum atomic E-state index is -2.92. The largest absolute Gasteiger partial charge is 0.435 e. The van der Waals surface area contributed by atoms with E-state index in [2.05, 4.69) is 16.2 Å². The summed E-state index contributed by atoms with van der Waals surface area (Å²) in [5, 5.41) is 9.75. The van der Waals surface area contributed by atoms with Crippen molar-refractivity contribution in [3.8, 4) is 11.8 Å². The normalized spacial score (nSPS) is 16.1. The number of hydrogen-bond donors (Lipinski definition) is 0. The van der Waals surface area contributed by atoms with Gasteiger partial charge in [-0.1, -0.05) is 18.2 Å². The minimum Gasteiger partial charge on any atom is -0.435 e. The maximum Gasteiger partial charge on any atom is 0.387 e. The van der Waals surface area contributed by atoms with Crippen LogP contribution in [0.3, 0.4) is 0 Å². The average molecular weight is 461 g/mol. The summed E-state index contributed by atoms with van der Waals surface area (Å²) in [6, 6.07) is 7.81. The Bertz CT molecular complexity index is 1200. The molecule has 7 nitrogen and oxygen atoms in total. The van der Waals surface area contributed by atoms with E-state index in [0.29, 0.717) is 36.3 Å². The Labute approximate surface area is 187 Å². The highest BCUT2D eigenvalue weighted by Crippen LogP contribution is 2.15. The van der Waals surface area contributed by atoms with Gasteiger partial charge in [0.05, 0.1) is 4.53 Å². The van der Waals surface area contributed by atoms with Crippen molar-refractivity contribution in [3.63, 3.8) is 0 Å². The fourth-order valence-corrected chi connectivity index (χ4v) is 4.36. The van der Waals surface area contributed by atoms with Gasteiger partial charge in [0.25, 0.3) is 11.5 Å². The quantitative estimate of drug-likeness (QED) is 0.601. The summed E-state index contributed by atoms with van der Waals surface area (Å²) >= 11 is 1.04. The van der Waals surface area contributed by atoms with Crippen LogP contribution in [0.2, 0.25) is 0 Å². The molecule has 0 aliphatic carbocycles. The SMILES string of the molecule is C=CCn1c(=C(C#N)C(=O)N2CCN(C)CC2)sc(=Cc2ccc(OC(F)F)cc2)c1=O. The zero-order valence-electron chi connectivity index (χ0n) is 17.5. The van der Waals surface area contributed by atoms with Crippen LogP contribution in [0.1, 0.15) is 5.56 Å². The summed E-state index contributed by atoms with van der Waals surface area (Å²) in [4.78, 5) is 29.7. The molecule has 0 spiro atoms. The topological polar surface area (TPSA) is 78.6 Å². The molecular formula is C22H22F2N4O3S. The molecule has 0 unspecified atom stereocenters. The number of nitrogens with zero attached hydrogens (tertiary/aromatic N) is 4. The highest BCUT2D eigenvalue weighted by molar-refractivity contribution is 7.07. The Morgan fingerprint density at radius 3 is 2.50 bits per heavy atom. The van der Waals surface area contributed by atoms with Crippen LogP contribution >= 0.6 is 11.3 Å². The molecular weight excluding hydrogens is 438 g/mol. The van der Waals surface area contributed by atoms with Crippen molar-refractivity contribution >= 4 is 28.9 Å². The predicted octanol–water partition coefficient (Wildman–Crippen LogP) is 0.974. The van der Waals surface area contributed by atoms with Crippen molar-refractivity contribution in [2.24, 2.45) is 0 Å². The number of thiazole rings is 1. The molecule has 2 heterocycles. The van der Waals surface area contributed by atoms with Crippen molar-refractivity contribution in [1.29, 1.82) is 5.26 Å². The Balaban J connectivity index is 2.07. The van der Waals surface area contributed by atoms with Gasteiger partial charge in [-0.3, -0.25) is 14.2 Å². The van der Waals surface area contributed by atoms with Gasteiger partial charge in [0.15, 0.2) is 5.57 Å². The van der Waals surface area contributed by atoms with E-state index in [-0.39, 0.29) is 28.1 Å². The summed E-state index contributed by atoms with van der Waals surface area (Å²) in [5.74, 6) is -0.398. The lowest BCUT2D eigenvalue weighted by Gasteiger charge is -2.32. The molecule has 2 aromatic rings. The smallest absolute Gasteiger partial charge is 0.387 e. The molecule has 1 fully saturated rings. The van der Waals surface area contributed by atoms with E-state index in [1.54, 1.807) is 23.1 Å². The van der Waals surface area contributed by atoms with Gasteiger partial charge in [0.2, 0.25) is 0 Å². The third-order valence-corrected chi connectivity index (χ3v) is 6.08. The van der Waals surface area contributed by atoms with Crippen LogP contribution in [0.15, 0.2) is 41.7 Å². The van der Waals surface area contributed by atoms with E-state index < -0.39 is 12.5 Å². The summed E-state index contributed by atoms with van der Waals surface area (Å²) in [5.41, 5.74) is 0.141. The van der Waals surface area contributed by atoms with Crippen LogP contribution in [-0.2, 0) is 11.3 Å². The van der Waals surface area contributed by atoms with Gasteiger partial charge in [0.1, 0.15) is 16.5 Å². The standard InChI is InChI=1S/C22H22F2N4O3S/c1-3-8-28-20(30)18(13-15-4-6-16(7-5-15)31-22(23)24)32-21(28)17(14-25)19(29)27-11-9-26(2)10-12-27/h3-7,13,22H,1,8-12H2,2H3. The fourth-order valence-electron chi connectivity index (χ4n) is 3.25. The number of piperazine rings is 1. The number of allylic oxidation sites excluding steroid dienone is 1. The van der Waals surface area contributed by atoms with Crippen LogP contribution in [0, 0.1) is 11.3 Å². The number of amides is 1. The van der Waals surface area contributed by atoms with Crippen molar-refractivity contribution < 1.29 is 18.3 Å². The maximum absolute atomic E-state index is 13.0. The monoisotopic (exact) mass is 460 g/mol. The lowest BCUT2D eigenvalue weighted by Crippen LogP contribution is -2.48. The Morgan fingerprint density at radius 1 is 1.28 bits per heavy atom. The van der Waals surface area contributed by atoms with Gasteiger partial charge in [0, 0.05) is 32.7 Å². The van der Waals surface area contributed by atoms with E-state index in [1.165, 1.54) is 22.8 Å². The summed E-state index contributed by atoms with van der Waals surface area (Å²) in [6.07, 6.45) is 3.10. The molecule has 1 aliphatic heterocycles. The molecule has 1 aromatic heterocycles. The summed E-state index contributed by atoms with van der Waals surface area (Å²) in [7, 11) is 1.96. The number of hydrogen-bond acceptors (Lipinski definition) is 6. The van der Waals surface area contributed by atoms with Gasteiger partial charge in [-0.05, 0) is 30.8 Å². The number of likely N-dealkylation sites (N-methyl/N-ethyl adjacent to an activating group) is 1. The molecule has 10 heteroatoms. The van der Waals surface area contributed by atoms with E-state index in [4.69, 9.17) is 0 Å².